The molecule has 138 valence electrons. The highest BCUT2D eigenvalue weighted by Gasteiger charge is 2.29. The van der Waals surface area contributed by atoms with E-state index in [1.54, 1.807) is 18.2 Å². The Morgan fingerprint density at radius 3 is 2.92 bits per heavy atom. The van der Waals surface area contributed by atoms with Crippen LogP contribution in [0.4, 0.5) is 0 Å². The first-order valence-electron chi connectivity index (χ1n) is 8.15. The first-order valence-corrected chi connectivity index (χ1v) is 8.53. The monoisotopic (exact) mass is 371 g/mol. The number of ether oxygens (including phenoxy) is 3. The lowest BCUT2D eigenvalue weighted by atomic mass is 10.1. The fraction of sp³-hybridized carbons (Fsp3) is 0.529. The van der Waals surface area contributed by atoms with Gasteiger partial charge in [0.25, 0.3) is 5.91 Å². The number of aliphatic carboxylic acids is 1. The van der Waals surface area contributed by atoms with Gasteiger partial charge < -0.3 is 24.6 Å². The summed E-state index contributed by atoms with van der Waals surface area (Å²) in [4.78, 5) is 23.1. The lowest BCUT2D eigenvalue weighted by Gasteiger charge is -2.31. The van der Waals surface area contributed by atoms with Crippen LogP contribution in [0.25, 0.3) is 0 Å². The maximum absolute atomic E-state index is 12.5. The second kappa shape index (κ2) is 9.60. The number of hydrogen-bond acceptors (Lipinski definition) is 5. The molecule has 1 amide bonds. The van der Waals surface area contributed by atoms with E-state index in [4.69, 9.17) is 30.9 Å². The van der Waals surface area contributed by atoms with Crippen LogP contribution >= 0.6 is 11.6 Å². The van der Waals surface area contributed by atoms with Gasteiger partial charge in [-0.15, -0.1) is 0 Å². The summed E-state index contributed by atoms with van der Waals surface area (Å²) in [5.41, 5.74) is 0.400. The molecule has 0 unspecified atom stereocenters. The number of amides is 1. The molecule has 0 bridgehead atoms. The van der Waals surface area contributed by atoms with Crippen LogP contribution in [0.3, 0.4) is 0 Å². The highest BCUT2D eigenvalue weighted by atomic mass is 35.5. The van der Waals surface area contributed by atoms with Gasteiger partial charge in [0, 0.05) is 12.2 Å². The van der Waals surface area contributed by atoms with Crippen LogP contribution in [-0.4, -0.2) is 55.6 Å². The van der Waals surface area contributed by atoms with Gasteiger partial charge in [0.2, 0.25) is 0 Å². The molecule has 1 aromatic rings. The van der Waals surface area contributed by atoms with E-state index in [9.17, 15) is 9.59 Å². The summed E-state index contributed by atoms with van der Waals surface area (Å²) < 4.78 is 16.1. The van der Waals surface area contributed by atoms with Gasteiger partial charge in [-0.05, 0) is 31.0 Å². The number of carbonyl (C=O) groups is 2. The van der Waals surface area contributed by atoms with Crippen molar-refractivity contribution < 1.29 is 28.9 Å². The average Bonchev–Trinajstić information content (AvgIpc) is 2.59. The van der Waals surface area contributed by atoms with Crippen LogP contribution in [-0.2, 0) is 14.3 Å². The molecule has 0 saturated carbocycles. The standard InChI is InChI=1S/C17H22ClNO6/c1-2-6-24-14-4-3-11(8-12(14)18)17(22)19-13-5-7-23-9-15(13)25-10-16(20)21/h3-4,8,13,15H,2,5-7,9-10H2,1H3,(H,19,22)(H,20,21)/t13-,15-/m1/s1. The Bertz CT molecular complexity index is 609. The fourth-order valence-corrected chi connectivity index (χ4v) is 2.68. The summed E-state index contributed by atoms with van der Waals surface area (Å²) in [7, 11) is 0. The zero-order valence-corrected chi connectivity index (χ0v) is 14.8. The molecule has 0 radical (unpaired) electrons. The van der Waals surface area contributed by atoms with Crippen molar-refractivity contribution in [2.75, 3.05) is 26.4 Å². The molecule has 0 spiro atoms. The molecule has 2 atom stereocenters. The third-order valence-electron chi connectivity index (χ3n) is 3.70. The lowest BCUT2D eigenvalue weighted by Crippen LogP contribution is -2.50. The van der Waals surface area contributed by atoms with E-state index >= 15 is 0 Å². The van der Waals surface area contributed by atoms with Crippen molar-refractivity contribution in [2.45, 2.75) is 31.9 Å². The molecule has 0 aliphatic carbocycles. The normalized spacial score (nSPS) is 20.1. The zero-order valence-electron chi connectivity index (χ0n) is 14.0. The van der Waals surface area contributed by atoms with E-state index in [2.05, 4.69) is 5.32 Å². The molecule has 0 aromatic heterocycles. The molecule has 1 saturated heterocycles. The molecule has 25 heavy (non-hydrogen) atoms. The van der Waals surface area contributed by atoms with Crippen molar-refractivity contribution in [1.82, 2.24) is 5.32 Å². The van der Waals surface area contributed by atoms with Crippen molar-refractivity contribution in [3.63, 3.8) is 0 Å². The lowest BCUT2D eigenvalue weighted by molar-refractivity contribution is -0.148. The van der Waals surface area contributed by atoms with Crippen LogP contribution < -0.4 is 10.1 Å². The SMILES string of the molecule is CCCOc1ccc(C(=O)N[C@@H]2CCOC[C@H]2OCC(=O)O)cc1Cl. The van der Waals surface area contributed by atoms with Gasteiger partial charge in [0.1, 0.15) is 18.5 Å². The number of nitrogens with one attached hydrogen (secondary N) is 1. The topological polar surface area (TPSA) is 94.1 Å². The van der Waals surface area contributed by atoms with Crippen molar-refractivity contribution in [1.29, 1.82) is 0 Å². The molecule has 8 heteroatoms. The van der Waals surface area contributed by atoms with E-state index in [1.165, 1.54) is 0 Å². The Hall–Kier alpha value is -1.83. The Labute approximate surface area is 151 Å². The molecule has 1 aromatic carbocycles. The van der Waals surface area contributed by atoms with E-state index in [0.29, 0.717) is 36.0 Å². The molecule has 1 aliphatic heterocycles. The number of benzene rings is 1. The first kappa shape index (κ1) is 19.5. The molecule has 1 heterocycles. The number of hydrogen-bond donors (Lipinski definition) is 2. The molecule has 1 fully saturated rings. The summed E-state index contributed by atoms with van der Waals surface area (Å²) >= 11 is 6.15. The predicted molar refractivity (Wildman–Crippen MR) is 91.3 cm³/mol. The van der Waals surface area contributed by atoms with Crippen LogP contribution in [0, 0.1) is 0 Å². The summed E-state index contributed by atoms with van der Waals surface area (Å²) in [5, 5.41) is 12.0. The second-order valence-corrected chi connectivity index (χ2v) is 6.09. The summed E-state index contributed by atoms with van der Waals surface area (Å²) in [6.07, 6.45) is 0.901. The molecule has 7 nitrogen and oxygen atoms in total. The summed E-state index contributed by atoms with van der Waals surface area (Å²) in [6.45, 7) is 2.82. The molecular weight excluding hydrogens is 350 g/mol. The van der Waals surface area contributed by atoms with Crippen molar-refractivity contribution in [3.8, 4) is 5.75 Å². The number of carboxylic acids is 1. The fourth-order valence-electron chi connectivity index (χ4n) is 2.44. The minimum Gasteiger partial charge on any atom is -0.492 e. The number of carbonyl (C=O) groups excluding carboxylic acids is 1. The maximum Gasteiger partial charge on any atom is 0.329 e. The third-order valence-corrected chi connectivity index (χ3v) is 3.99. The Morgan fingerprint density at radius 2 is 2.24 bits per heavy atom. The smallest absolute Gasteiger partial charge is 0.329 e. The Kier molecular flexibility index (Phi) is 7.49. The van der Waals surface area contributed by atoms with E-state index in [-0.39, 0.29) is 18.6 Å². The van der Waals surface area contributed by atoms with Gasteiger partial charge in [-0.1, -0.05) is 18.5 Å². The molecule has 1 aliphatic rings. The average molecular weight is 372 g/mol. The zero-order chi connectivity index (χ0) is 18.2. The first-order chi connectivity index (χ1) is 12.0. The van der Waals surface area contributed by atoms with Crippen molar-refractivity contribution in [2.24, 2.45) is 0 Å². The van der Waals surface area contributed by atoms with E-state index < -0.39 is 18.7 Å². The van der Waals surface area contributed by atoms with Gasteiger partial charge >= 0.3 is 5.97 Å². The number of halogens is 1. The number of carboxylic acid groups (broad SMARTS) is 1. The van der Waals surface area contributed by atoms with E-state index in [0.717, 1.165) is 6.42 Å². The van der Waals surface area contributed by atoms with Gasteiger partial charge in [-0.25, -0.2) is 4.79 Å². The van der Waals surface area contributed by atoms with Gasteiger partial charge in [0.15, 0.2) is 0 Å². The van der Waals surface area contributed by atoms with Gasteiger partial charge in [0.05, 0.1) is 24.3 Å². The van der Waals surface area contributed by atoms with Crippen LogP contribution in [0.15, 0.2) is 18.2 Å². The molecule has 2 rings (SSSR count). The summed E-state index contributed by atoms with van der Waals surface area (Å²) in [5.74, 6) is -0.835. The Balaban J connectivity index is 1.99. The third kappa shape index (κ3) is 5.88. The summed E-state index contributed by atoms with van der Waals surface area (Å²) in [6, 6.07) is 4.53. The molecule has 2 N–H and O–H groups in total. The van der Waals surface area contributed by atoms with Crippen molar-refractivity contribution >= 4 is 23.5 Å². The van der Waals surface area contributed by atoms with Crippen molar-refractivity contribution in [3.05, 3.63) is 28.8 Å². The highest BCUT2D eigenvalue weighted by molar-refractivity contribution is 6.32. The minimum atomic E-state index is -1.06. The minimum absolute atomic E-state index is 0.239. The molecular formula is C17H22ClNO6. The predicted octanol–water partition coefficient (Wildman–Crippen LogP) is 2.12. The van der Waals surface area contributed by atoms with Crippen LogP contribution in [0.5, 0.6) is 5.75 Å². The number of rotatable bonds is 8. The largest absolute Gasteiger partial charge is 0.492 e. The van der Waals surface area contributed by atoms with Crippen LogP contribution in [0.2, 0.25) is 5.02 Å². The Morgan fingerprint density at radius 1 is 1.44 bits per heavy atom. The highest BCUT2D eigenvalue weighted by Crippen LogP contribution is 2.26. The van der Waals surface area contributed by atoms with Gasteiger partial charge in [-0.2, -0.15) is 0 Å². The van der Waals surface area contributed by atoms with Gasteiger partial charge in [-0.3, -0.25) is 4.79 Å². The van der Waals surface area contributed by atoms with Crippen LogP contribution in [0.1, 0.15) is 30.1 Å². The van der Waals surface area contributed by atoms with E-state index in [1.807, 2.05) is 6.92 Å². The quantitative estimate of drug-likeness (QED) is 0.727. The second-order valence-electron chi connectivity index (χ2n) is 5.68. The maximum atomic E-state index is 12.5.